The second-order valence-electron chi connectivity index (χ2n) is 6.11. The van der Waals surface area contributed by atoms with E-state index in [1.807, 2.05) is 38.1 Å². The van der Waals surface area contributed by atoms with Crippen LogP contribution >= 0.6 is 0 Å². The molecule has 0 saturated heterocycles. The van der Waals surface area contributed by atoms with Crippen LogP contribution in [0.1, 0.15) is 31.9 Å². The van der Waals surface area contributed by atoms with Crippen molar-refractivity contribution >= 4 is 16.9 Å². The highest BCUT2D eigenvalue weighted by atomic mass is 16.1. The summed E-state index contributed by atoms with van der Waals surface area (Å²) in [7, 11) is 0. The Balaban J connectivity index is 1.77. The Labute approximate surface area is 141 Å². The van der Waals surface area contributed by atoms with E-state index >= 15 is 0 Å². The highest BCUT2D eigenvalue weighted by molar-refractivity contribution is 5.75. The van der Waals surface area contributed by atoms with Gasteiger partial charge in [-0.2, -0.15) is 0 Å². The molecule has 5 nitrogen and oxygen atoms in total. The number of nitrogens with zero attached hydrogens (tertiary/aromatic N) is 3. The van der Waals surface area contributed by atoms with Crippen LogP contribution in [0.4, 0.5) is 5.82 Å². The van der Waals surface area contributed by atoms with Crippen LogP contribution in [0, 0.1) is 0 Å². The minimum Gasteiger partial charge on any atom is -0.365 e. The van der Waals surface area contributed by atoms with Crippen molar-refractivity contribution < 1.29 is 0 Å². The second kappa shape index (κ2) is 7.25. The molecular weight excluding hydrogens is 300 g/mol. The fourth-order valence-corrected chi connectivity index (χ4v) is 2.82. The maximum atomic E-state index is 12.7. The number of fused-ring (bicyclic) bond motifs is 1. The van der Waals surface area contributed by atoms with Crippen LogP contribution in [0.25, 0.3) is 11.0 Å². The van der Waals surface area contributed by atoms with E-state index in [9.17, 15) is 4.79 Å². The molecule has 3 aromatic rings. The SMILES string of the molecule is CC(C)n1c(=O)c(NCCCc2ccccc2)nc2ccncc21. The fraction of sp³-hybridized carbons (Fsp3) is 0.316. The maximum absolute atomic E-state index is 12.7. The third-order valence-corrected chi connectivity index (χ3v) is 3.98. The molecule has 124 valence electrons. The molecule has 0 unspecified atom stereocenters. The summed E-state index contributed by atoms with van der Waals surface area (Å²) in [5, 5.41) is 3.21. The molecule has 0 spiro atoms. The van der Waals surface area contributed by atoms with Gasteiger partial charge >= 0.3 is 0 Å². The molecule has 0 aliphatic carbocycles. The summed E-state index contributed by atoms with van der Waals surface area (Å²) < 4.78 is 1.74. The Morgan fingerprint density at radius 3 is 2.71 bits per heavy atom. The average Bonchev–Trinajstić information content (AvgIpc) is 2.59. The Morgan fingerprint density at radius 2 is 1.96 bits per heavy atom. The molecule has 0 fully saturated rings. The first-order valence-electron chi connectivity index (χ1n) is 8.31. The predicted molar refractivity (Wildman–Crippen MR) is 97.4 cm³/mol. The van der Waals surface area contributed by atoms with Crippen LogP contribution in [0.5, 0.6) is 0 Å². The van der Waals surface area contributed by atoms with Gasteiger partial charge in [0.1, 0.15) is 0 Å². The smallest absolute Gasteiger partial charge is 0.294 e. The lowest BCUT2D eigenvalue weighted by Crippen LogP contribution is -2.27. The first-order chi connectivity index (χ1) is 11.7. The van der Waals surface area contributed by atoms with E-state index < -0.39 is 0 Å². The number of hydrogen-bond donors (Lipinski definition) is 1. The van der Waals surface area contributed by atoms with Gasteiger partial charge in [0, 0.05) is 18.8 Å². The zero-order valence-corrected chi connectivity index (χ0v) is 14.1. The summed E-state index contributed by atoms with van der Waals surface area (Å²) in [6.45, 7) is 4.70. The molecule has 2 heterocycles. The summed E-state index contributed by atoms with van der Waals surface area (Å²) in [6.07, 6.45) is 5.32. The lowest BCUT2D eigenvalue weighted by Gasteiger charge is -2.15. The summed E-state index contributed by atoms with van der Waals surface area (Å²) >= 11 is 0. The van der Waals surface area contributed by atoms with Crippen LogP contribution in [-0.2, 0) is 6.42 Å². The highest BCUT2D eigenvalue weighted by Gasteiger charge is 2.12. The summed E-state index contributed by atoms with van der Waals surface area (Å²) in [4.78, 5) is 21.3. The molecule has 1 aromatic carbocycles. The number of aromatic nitrogens is 3. The molecule has 0 amide bonds. The average molecular weight is 322 g/mol. The van der Waals surface area contributed by atoms with Crippen molar-refractivity contribution in [1.82, 2.24) is 14.5 Å². The Kier molecular flexibility index (Phi) is 4.89. The van der Waals surface area contributed by atoms with Gasteiger partial charge in [0.05, 0.1) is 17.2 Å². The van der Waals surface area contributed by atoms with Crippen molar-refractivity contribution in [3.8, 4) is 0 Å². The number of benzene rings is 1. The van der Waals surface area contributed by atoms with Gasteiger partial charge in [-0.1, -0.05) is 30.3 Å². The van der Waals surface area contributed by atoms with Crippen molar-refractivity contribution in [2.75, 3.05) is 11.9 Å². The molecule has 0 saturated carbocycles. The monoisotopic (exact) mass is 322 g/mol. The van der Waals surface area contributed by atoms with Crippen LogP contribution in [0.3, 0.4) is 0 Å². The van der Waals surface area contributed by atoms with Gasteiger partial charge in [0.25, 0.3) is 5.56 Å². The third kappa shape index (κ3) is 3.45. The first kappa shape index (κ1) is 16.2. The number of anilines is 1. The van der Waals surface area contributed by atoms with Crippen LogP contribution in [0.2, 0.25) is 0 Å². The normalized spacial score (nSPS) is 11.1. The van der Waals surface area contributed by atoms with Crippen molar-refractivity contribution in [2.45, 2.75) is 32.7 Å². The van der Waals surface area contributed by atoms with Gasteiger partial charge in [0.2, 0.25) is 0 Å². The van der Waals surface area contributed by atoms with Crippen LogP contribution in [0.15, 0.2) is 53.6 Å². The Bertz CT molecular complexity index is 871. The molecule has 3 rings (SSSR count). The molecule has 0 atom stereocenters. The molecule has 0 aliphatic heterocycles. The van der Waals surface area contributed by atoms with E-state index in [-0.39, 0.29) is 11.6 Å². The predicted octanol–water partition coefficient (Wildman–Crippen LogP) is 3.42. The minimum atomic E-state index is -0.0924. The van der Waals surface area contributed by atoms with Crippen molar-refractivity contribution in [1.29, 1.82) is 0 Å². The number of aryl methyl sites for hydroxylation is 1. The van der Waals surface area contributed by atoms with E-state index in [0.29, 0.717) is 12.4 Å². The van der Waals surface area contributed by atoms with Crippen molar-refractivity contribution in [2.24, 2.45) is 0 Å². The third-order valence-electron chi connectivity index (χ3n) is 3.98. The van der Waals surface area contributed by atoms with Gasteiger partial charge < -0.3 is 5.32 Å². The molecule has 5 heteroatoms. The topological polar surface area (TPSA) is 59.8 Å². The molecule has 2 aromatic heterocycles. The van der Waals surface area contributed by atoms with Crippen LogP contribution < -0.4 is 10.9 Å². The van der Waals surface area contributed by atoms with Gasteiger partial charge in [-0.05, 0) is 38.3 Å². The van der Waals surface area contributed by atoms with Crippen molar-refractivity contribution in [3.63, 3.8) is 0 Å². The van der Waals surface area contributed by atoms with E-state index in [1.165, 1.54) is 5.56 Å². The van der Waals surface area contributed by atoms with Gasteiger partial charge in [0.15, 0.2) is 5.82 Å². The zero-order valence-electron chi connectivity index (χ0n) is 14.1. The van der Waals surface area contributed by atoms with Crippen LogP contribution in [-0.4, -0.2) is 21.1 Å². The molecule has 0 aliphatic rings. The lowest BCUT2D eigenvalue weighted by molar-refractivity contribution is 0.598. The standard InChI is InChI=1S/C19H22N4O/c1-14(2)23-17-13-20-12-10-16(17)22-18(19(23)24)21-11-6-9-15-7-4-3-5-8-15/h3-5,7-8,10,12-14H,6,9,11H2,1-2H3,(H,21,22). The molecule has 24 heavy (non-hydrogen) atoms. The lowest BCUT2D eigenvalue weighted by atomic mass is 10.1. The number of pyridine rings is 1. The number of nitrogens with one attached hydrogen (secondary N) is 1. The van der Waals surface area contributed by atoms with E-state index in [2.05, 4.69) is 27.4 Å². The molecule has 1 N–H and O–H groups in total. The quantitative estimate of drug-likeness (QED) is 0.707. The summed E-state index contributed by atoms with van der Waals surface area (Å²) in [5.74, 6) is 0.412. The van der Waals surface area contributed by atoms with Gasteiger partial charge in [-0.3, -0.25) is 14.3 Å². The largest absolute Gasteiger partial charge is 0.365 e. The number of rotatable bonds is 6. The number of hydrogen-bond acceptors (Lipinski definition) is 4. The van der Waals surface area contributed by atoms with E-state index in [4.69, 9.17) is 0 Å². The van der Waals surface area contributed by atoms with Crippen molar-refractivity contribution in [3.05, 3.63) is 64.7 Å². The first-order valence-corrected chi connectivity index (χ1v) is 8.31. The minimum absolute atomic E-state index is 0.0528. The Hall–Kier alpha value is -2.69. The highest BCUT2D eigenvalue weighted by Crippen LogP contribution is 2.15. The summed E-state index contributed by atoms with van der Waals surface area (Å²) in [6, 6.07) is 12.2. The van der Waals surface area contributed by atoms with E-state index in [0.717, 1.165) is 23.9 Å². The van der Waals surface area contributed by atoms with Gasteiger partial charge in [-0.25, -0.2) is 4.98 Å². The van der Waals surface area contributed by atoms with Gasteiger partial charge in [-0.15, -0.1) is 0 Å². The Morgan fingerprint density at radius 1 is 1.17 bits per heavy atom. The molecular formula is C19H22N4O. The summed E-state index contributed by atoms with van der Waals surface area (Å²) in [5.41, 5.74) is 2.76. The molecule has 0 radical (unpaired) electrons. The maximum Gasteiger partial charge on any atom is 0.294 e. The fourth-order valence-electron chi connectivity index (χ4n) is 2.82. The second-order valence-corrected chi connectivity index (χ2v) is 6.11. The molecule has 0 bridgehead atoms. The van der Waals surface area contributed by atoms with E-state index in [1.54, 1.807) is 17.0 Å². The zero-order chi connectivity index (χ0) is 16.9.